The van der Waals surface area contributed by atoms with Gasteiger partial charge in [0, 0.05) is 18.9 Å². The van der Waals surface area contributed by atoms with Gasteiger partial charge in [-0.1, -0.05) is 17.8 Å². The van der Waals surface area contributed by atoms with Crippen molar-refractivity contribution in [3.8, 4) is 5.88 Å². The Labute approximate surface area is 110 Å². The minimum absolute atomic E-state index is 0.00146. The number of hydrogen-bond acceptors (Lipinski definition) is 5. The van der Waals surface area contributed by atoms with Crippen LogP contribution in [0.25, 0.3) is 0 Å². The Hall–Kier alpha value is -1.53. The van der Waals surface area contributed by atoms with Crippen LogP contribution < -0.4 is 4.74 Å². The number of nitrogens with zero attached hydrogens (tertiary/aromatic N) is 3. The van der Waals surface area contributed by atoms with Crippen molar-refractivity contribution in [2.24, 2.45) is 7.05 Å². The van der Waals surface area contributed by atoms with E-state index in [1.165, 1.54) is 0 Å². The molecular weight excluding hydrogens is 250 g/mol. The Balaban J connectivity index is 2.04. The SMILES string of the molecule is COc1cccc(CSc2ncc(CO)n2C)n1. The van der Waals surface area contributed by atoms with Crippen LogP contribution in [0.1, 0.15) is 11.4 Å². The fraction of sp³-hybridized carbons (Fsp3) is 0.333. The normalized spacial score (nSPS) is 10.6. The predicted octanol–water partition coefficient (Wildman–Crippen LogP) is 1.61. The first-order valence-electron chi connectivity index (χ1n) is 5.48. The minimum atomic E-state index is 0.00146. The maximum absolute atomic E-state index is 9.09. The molecule has 5 nitrogen and oxygen atoms in total. The van der Waals surface area contributed by atoms with Gasteiger partial charge in [-0.05, 0) is 6.07 Å². The van der Waals surface area contributed by atoms with Crippen molar-refractivity contribution in [1.29, 1.82) is 0 Å². The summed E-state index contributed by atoms with van der Waals surface area (Å²) in [6, 6.07) is 5.68. The van der Waals surface area contributed by atoms with Gasteiger partial charge in [-0.25, -0.2) is 9.97 Å². The minimum Gasteiger partial charge on any atom is -0.481 e. The van der Waals surface area contributed by atoms with Crippen LogP contribution in [0.3, 0.4) is 0 Å². The molecule has 96 valence electrons. The summed E-state index contributed by atoms with van der Waals surface area (Å²) in [5, 5.41) is 9.95. The molecule has 2 aromatic heterocycles. The molecule has 0 unspecified atom stereocenters. The lowest BCUT2D eigenvalue weighted by Crippen LogP contribution is -1.98. The van der Waals surface area contributed by atoms with E-state index in [9.17, 15) is 0 Å². The molecule has 0 saturated heterocycles. The number of methoxy groups -OCH3 is 1. The molecule has 0 fully saturated rings. The average molecular weight is 265 g/mol. The third-order valence-corrected chi connectivity index (χ3v) is 3.62. The molecule has 0 aliphatic carbocycles. The zero-order valence-corrected chi connectivity index (χ0v) is 11.1. The lowest BCUT2D eigenvalue weighted by atomic mass is 10.4. The largest absolute Gasteiger partial charge is 0.481 e. The smallest absolute Gasteiger partial charge is 0.213 e. The van der Waals surface area contributed by atoms with Gasteiger partial charge in [0.15, 0.2) is 5.16 Å². The molecule has 0 atom stereocenters. The van der Waals surface area contributed by atoms with Crippen LogP contribution in [0.4, 0.5) is 0 Å². The van der Waals surface area contributed by atoms with E-state index in [-0.39, 0.29) is 6.61 Å². The first kappa shape index (κ1) is 12.9. The highest BCUT2D eigenvalue weighted by Crippen LogP contribution is 2.22. The van der Waals surface area contributed by atoms with E-state index in [4.69, 9.17) is 9.84 Å². The Morgan fingerprint density at radius 2 is 2.28 bits per heavy atom. The summed E-state index contributed by atoms with van der Waals surface area (Å²) < 4.78 is 6.96. The Morgan fingerprint density at radius 1 is 1.44 bits per heavy atom. The van der Waals surface area contributed by atoms with Crippen molar-refractivity contribution < 1.29 is 9.84 Å². The number of rotatable bonds is 5. The van der Waals surface area contributed by atoms with Gasteiger partial charge in [-0.15, -0.1) is 0 Å². The topological polar surface area (TPSA) is 60.2 Å². The van der Waals surface area contributed by atoms with Crippen molar-refractivity contribution in [2.45, 2.75) is 17.5 Å². The quantitative estimate of drug-likeness (QED) is 0.832. The standard InChI is InChI=1S/C12H15N3O2S/c1-15-10(7-16)6-13-12(15)18-8-9-4-3-5-11(14-9)17-2/h3-6,16H,7-8H2,1-2H3. The van der Waals surface area contributed by atoms with Gasteiger partial charge in [-0.3, -0.25) is 0 Å². The van der Waals surface area contributed by atoms with Crippen LogP contribution in [0.2, 0.25) is 0 Å². The fourth-order valence-electron chi connectivity index (χ4n) is 1.50. The maximum atomic E-state index is 9.09. The molecule has 6 heteroatoms. The number of ether oxygens (including phenoxy) is 1. The molecule has 2 aromatic rings. The molecule has 0 bridgehead atoms. The molecule has 2 heterocycles. The first-order valence-corrected chi connectivity index (χ1v) is 6.47. The predicted molar refractivity (Wildman–Crippen MR) is 69.5 cm³/mol. The van der Waals surface area contributed by atoms with Crippen molar-refractivity contribution in [3.05, 3.63) is 35.8 Å². The number of hydrogen-bond donors (Lipinski definition) is 1. The monoisotopic (exact) mass is 265 g/mol. The second-order valence-corrected chi connectivity index (χ2v) is 4.65. The molecule has 1 N–H and O–H groups in total. The van der Waals surface area contributed by atoms with E-state index in [0.29, 0.717) is 11.6 Å². The van der Waals surface area contributed by atoms with Crippen molar-refractivity contribution in [1.82, 2.24) is 14.5 Å². The highest BCUT2D eigenvalue weighted by molar-refractivity contribution is 7.98. The first-order chi connectivity index (χ1) is 8.74. The second-order valence-electron chi connectivity index (χ2n) is 3.71. The van der Waals surface area contributed by atoms with E-state index in [2.05, 4.69) is 9.97 Å². The Kier molecular flexibility index (Phi) is 4.22. The zero-order chi connectivity index (χ0) is 13.0. The molecule has 0 aromatic carbocycles. The van der Waals surface area contributed by atoms with Gasteiger partial charge in [0.2, 0.25) is 5.88 Å². The summed E-state index contributed by atoms with van der Waals surface area (Å²) in [4.78, 5) is 8.58. The second kappa shape index (κ2) is 5.88. The van der Waals surface area contributed by atoms with Crippen LogP contribution >= 0.6 is 11.8 Å². The summed E-state index contributed by atoms with van der Waals surface area (Å²) in [6.45, 7) is 0.00146. The fourth-order valence-corrected chi connectivity index (χ4v) is 2.37. The van der Waals surface area contributed by atoms with Crippen LogP contribution in [0.5, 0.6) is 5.88 Å². The molecular formula is C12H15N3O2S. The van der Waals surface area contributed by atoms with Gasteiger partial charge in [0.1, 0.15) is 0 Å². The zero-order valence-electron chi connectivity index (χ0n) is 10.3. The average Bonchev–Trinajstić information content (AvgIpc) is 2.77. The lowest BCUT2D eigenvalue weighted by molar-refractivity contribution is 0.271. The van der Waals surface area contributed by atoms with Crippen LogP contribution in [-0.2, 0) is 19.4 Å². The van der Waals surface area contributed by atoms with E-state index >= 15 is 0 Å². The van der Waals surface area contributed by atoms with Gasteiger partial charge in [-0.2, -0.15) is 0 Å². The van der Waals surface area contributed by atoms with Gasteiger partial charge in [0.05, 0.1) is 31.3 Å². The van der Waals surface area contributed by atoms with E-state index in [1.54, 1.807) is 25.1 Å². The van der Waals surface area contributed by atoms with Crippen LogP contribution in [0.15, 0.2) is 29.6 Å². The molecule has 0 aliphatic heterocycles. The highest BCUT2D eigenvalue weighted by Gasteiger charge is 2.07. The van der Waals surface area contributed by atoms with E-state index in [0.717, 1.165) is 16.5 Å². The Morgan fingerprint density at radius 3 is 2.94 bits per heavy atom. The molecule has 0 aliphatic rings. The molecule has 0 spiro atoms. The molecule has 0 radical (unpaired) electrons. The summed E-state index contributed by atoms with van der Waals surface area (Å²) in [5.41, 5.74) is 1.74. The number of aliphatic hydroxyl groups is 1. The van der Waals surface area contributed by atoms with Crippen LogP contribution in [-0.4, -0.2) is 26.8 Å². The molecule has 18 heavy (non-hydrogen) atoms. The third-order valence-electron chi connectivity index (χ3n) is 2.54. The summed E-state index contributed by atoms with van der Waals surface area (Å²) in [5.74, 6) is 1.33. The molecule has 2 rings (SSSR count). The van der Waals surface area contributed by atoms with Gasteiger partial charge in [0.25, 0.3) is 0 Å². The number of aromatic nitrogens is 3. The lowest BCUT2D eigenvalue weighted by Gasteiger charge is -2.04. The van der Waals surface area contributed by atoms with Crippen molar-refractivity contribution >= 4 is 11.8 Å². The van der Waals surface area contributed by atoms with Gasteiger partial charge >= 0.3 is 0 Å². The van der Waals surface area contributed by atoms with Crippen molar-refractivity contribution in [2.75, 3.05) is 7.11 Å². The van der Waals surface area contributed by atoms with Crippen LogP contribution in [0, 0.1) is 0 Å². The van der Waals surface area contributed by atoms with Crippen molar-refractivity contribution in [3.63, 3.8) is 0 Å². The maximum Gasteiger partial charge on any atom is 0.213 e. The number of pyridine rings is 1. The summed E-state index contributed by atoms with van der Waals surface area (Å²) in [7, 11) is 3.49. The number of imidazole rings is 1. The highest BCUT2D eigenvalue weighted by atomic mass is 32.2. The number of thioether (sulfide) groups is 1. The van der Waals surface area contributed by atoms with E-state index < -0.39 is 0 Å². The summed E-state index contributed by atoms with van der Waals surface area (Å²) in [6.07, 6.45) is 1.68. The van der Waals surface area contributed by atoms with Gasteiger partial charge < -0.3 is 14.4 Å². The summed E-state index contributed by atoms with van der Waals surface area (Å²) >= 11 is 1.58. The third kappa shape index (κ3) is 2.83. The Bertz CT molecular complexity index is 528. The molecule has 0 saturated carbocycles. The molecule has 0 amide bonds. The number of aliphatic hydroxyl groups excluding tert-OH is 1. The van der Waals surface area contributed by atoms with E-state index in [1.807, 2.05) is 29.8 Å².